The van der Waals surface area contributed by atoms with E-state index in [1.807, 2.05) is 31.2 Å². The number of halogens is 2. The van der Waals surface area contributed by atoms with Crippen molar-refractivity contribution in [3.63, 3.8) is 0 Å². The molecule has 1 aliphatic rings. The van der Waals surface area contributed by atoms with E-state index in [0.29, 0.717) is 43.0 Å². The van der Waals surface area contributed by atoms with Gasteiger partial charge in [-0.3, -0.25) is 14.5 Å². The number of rotatable bonds is 8. The number of hydrogen-bond donors (Lipinski definition) is 1. The summed E-state index contributed by atoms with van der Waals surface area (Å²) < 4.78 is 11.5. The van der Waals surface area contributed by atoms with E-state index >= 15 is 0 Å². The van der Waals surface area contributed by atoms with Crippen molar-refractivity contribution in [2.24, 2.45) is 0 Å². The number of anilines is 2. The van der Waals surface area contributed by atoms with Gasteiger partial charge >= 0.3 is 0 Å². The number of carbonyl (C=O) groups excluding carboxylic acids is 2. The van der Waals surface area contributed by atoms with Gasteiger partial charge < -0.3 is 14.8 Å². The Morgan fingerprint density at radius 3 is 2.33 bits per heavy atom. The average molecular weight is 559 g/mol. The number of hydrogen-bond acceptors (Lipinski definition) is 6. The van der Waals surface area contributed by atoms with Crippen molar-refractivity contribution in [1.29, 1.82) is 0 Å². The van der Waals surface area contributed by atoms with Gasteiger partial charge in [0.1, 0.15) is 11.5 Å². The summed E-state index contributed by atoms with van der Waals surface area (Å²) in [4.78, 5) is 27.2. The lowest BCUT2D eigenvalue weighted by atomic mass is 10.2. The van der Waals surface area contributed by atoms with Crippen molar-refractivity contribution in [2.75, 3.05) is 23.4 Å². The highest BCUT2D eigenvalue weighted by molar-refractivity contribution is 8.27. The summed E-state index contributed by atoms with van der Waals surface area (Å²) in [5.41, 5.74) is 2.01. The van der Waals surface area contributed by atoms with Crippen molar-refractivity contribution >= 4 is 80.8 Å². The molecule has 36 heavy (non-hydrogen) atoms. The first kappa shape index (κ1) is 26.0. The Morgan fingerprint density at radius 2 is 1.67 bits per heavy atom. The molecule has 0 aliphatic carbocycles. The van der Waals surface area contributed by atoms with E-state index in [2.05, 4.69) is 5.32 Å². The Kier molecular flexibility index (Phi) is 8.53. The second-order valence-electron chi connectivity index (χ2n) is 7.48. The lowest BCUT2D eigenvalue weighted by Gasteiger charge is -2.15. The third-order valence-corrected chi connectivity index (χ3v) is 6.99. The molecular weight excluding hydrogens is 539 g/mol. The monoisotopic (exact) mass is 558 g/mol. The Labute approximate surface area is 228 Å². The third-order valence-electron chi connectivity index (χ3n) is 4.95. The van der Waals surface area contributed by atoms with Crippen LogP contribution in [0.3, 0.4) is 0 Å². The van der Waals surface area contributed by atoms with E-state index in [1.165, 1.54) is 16.7 Å². The molecule has 0 spiro atoms. The molecular formula is C26H20Cl2N2O4S2. The van der Waals surface area contributed by atoms with Gasteiger partial charge in [-0.25, -0.2) is 0 Å². The maximum atomic E-state index is 13.0. The van der Waals surface area contributed by atoms with E-state index in [-0.39, 0.29) is 18.4 Å². The zero-order chi connectivity index (χ0) is 25.7. The minimum absolute atomic E-state index is 0.180. The first-order valence-electron chi connectivity index (χ1n) is 10.8. The van der Waals surface area contributed by atoms with E-state index in [4.69, 9.17) is 44.9 Å². The molecule has 184 valence electrons. The zero-order valence-corrected chi connectivity index (χ0v) is 22.1. The van der Waals surface area contributed by atoms with Gasteiger partial charge in [0.25, 0.3) is 11.8 Å². The van der Waals surface area contributed by atoms with Crippen LogP contribution in [-0.2, 0) is 9.59 Å². The molecule has 1 N–H and O–H groups in total. The molecule has 0 atom stereocenters. The van der Waals surface area contributed by atoms with Gasteiger partial charge in [0, 0.05) is 5.69 Å². The SMILES string of the molecule is CCOc1ccc(N2C(=O)/C(=C/c3ccc(OCC(=O)Nc4ccc(Cl)c(Cl)c4)cc3)SC2=S)cc1. The molecule has 3 aromatic rings. The highest BCUT2D eigenvalue weighted by atomic mass is 35.5. The first-order chi connectivity index (χ1) is 17.3. The molecule has 0 saturated carbocycles. The lowest BCUT2D eigenvalue weighted by molar-refractivity contribution is -0.118. The Hall–Kier alpha value is -3.04. The van der Waals surface area contributed by atoms with Gasteiger partial charge in [-0.15, -0.1) is 0 Å². The maximum absolute atomic E-state index is 13.0. The molecule has 10 heteroatoms. The van der Waals surface area contributed by atoms with Crippen LogP contribution < -0.4 is 19.7 Å². The van der Waals surface area contributed by atoms with Gasteiger partial charge in [-0.1, -0.05) is 59.3 Å². The first-order valence-corrected chi connectivity index (χ1v) is 12.8. The predicted molar refractivity (Wildman–Crippen MR) is 150 cm³/mol. The highest BCUT2D eigenvalue weighted by Gasteiger charge is 2.33. The number of amides is 2. The topological polar surface area (TPSA) is 67.9 Å². The van der Waals surface area contributed by atoms with E-state index < -0.39 is 0 Å². The zero-order valence-electron chi connectivity index (χ0n) is 19.0. The summed E-state index contributed by atoms with van der Waals surface area (Å²) in [7, 11) is 0. The number of nitrogens with one attached hydrogen (secondary N) is 1. The van der Waals surface area contributed by atoms with Crippen LogP contribution in [0, 0.1) is 0 Å². The van der Waals surface area contributed by atoms with Crippen LogP contribution >= 0.6 is 47.2 Å². The standard InChI is InChI=1S/C26H20Cl2N2O4S2/c1-2-33-19-10-6-18(7-11-19)30-25(32)23(36-26(30)35)13-16-3-8-20(9-4-16)34-15-24(31)29-17-5-12-21(27)22(28)14-17/h3-14H,2,15H2,1H3,(H,29,31)/b23-13-. The summed E-state index contributed by atoms with van der Waals surface area (Å²) >= 11 is 18.5. The third kappa shape index (κ3) is 6.39. The van der Waals surface area contributed by atoms with Crippen molar-refractivity contribution < 1.29 is 19.1 Å². The molecule has 1 aliphatic heterocycles. The molecule has 1 heterocycles. The van der Waals surface area contributed by atoms with Gasteiger partial charge in [-0.05, 0) is 73.2 Å². The molecule has 0 bridgehead atoms. The minimum atomic E-state index is -0.338. The summed E-state index contributed by atoms with van der Waals surface area (Å²) in [6.07, 6.45) is 1.77. The van der Waals surface area contributed by atoms with Crippen LogP contribution in [0.4, 0.5) is 11.4 Å². The van der Waals surface area contributed by atoms with Crippen molar-refractivity contribution in [2.45, 2.75) is 6.92 Å². The van der Waals surface area contributed by atoms with Crippen LogP contribution in [0.5, 0.6) is 11.5 Å². The second kappa shape index (κ2) is 11.8. The number of nitrogens with zero attached hydrogens (tertiary/aromatic N) is 1. The Bertz CT molecular complexity index is 1330. The molecule has 1 fully saturated rings. The number of benzene rings is 3. The van der Waals surface area contributed by atoms with Crippen LogP contribution in [-0.4, -0.2) is 29.3 Å². The summed E-state index contributed by atoms with van der Waals surface area (Å²) in [5.74, 6) is 0.721. The van der Waals surface area contributed by atoms with Crippen LogP contribution in [0.2, 0.25) is 10.0 Å². The Balaban J connectivity index is 1.35. The molecule has 1 saturated heterocycles. The fourth-order valence-corrected chi connectivity index (χ4v) is 4.88. The van der Waals surface area contributed by atoms with Gasteiger partial charge in [0.15, 0.2) is 10.9 Å². The molecule has 6 nitrogen and oxygen atoms in total. The van der Waals surface area contributed by atoms with Crippen LogP contribution in [0.25, 0.3) is 6.08 Å². The smallest absolute Gasteiger partial charge is 0.270 e. The highest BCUT2D eigenvalue weighted by Crippen LogP contribution is 2.36. The van der Waals surface area contributed by atoms with E-state index in [1.54, 1.807) is 48.5 Å². The number of thiocarbonyl (C=S) groups is 1. The van der Waals surface area contributed by atoms with Gasteiger partial charge in [-0.2, -0.15) is 0 Å². The summed E-state index contributed by atoms with van der Waals surface area (Å²) in [6, 6.07) is 19.1. The van der Waals surface area contributed by atoms with Crippen molar-refractivity contribution in [3.8, 4) is 11.5 Å². The summed E-state index contributed by atoms with van der Waals surface area (Å²) in [6.45, 7) is 2.30. The molecule has 4 rings (SSSR count). The van der Waals surface area contributed by atoms with Gasteiger partial charge in [0.05, 0.1) is 27.2 Å². The summed E-state index contributed by atoms with van der Waals surface area (Å²) in [5, 5.41) is 3.45. The van der Waals surface area contributed by atoms with Gasteiger partial charge in [0.2, 0.25) is 0 Å². The lowest BCUT2D eigenvalue weighted by Crippen LogP contribution is -2.27. The normalized spacial score (nSPS) is 14.3. The van der Waals surface area contributed by atoms with Crippen LogP contribution in [0.15, 0.2) is 71.6 Å². The molecule has 0 aromatic heterocycles. The molecule has 0 radical (unpaired) electrons. The van der Waals surface area contributed by atoms with Crippen LogP contribution in [0.1, 0.15) is 12.5 Å². The molecule has 0 unspecified atom stereocenters. The average Bonchev–Trinajstić information content (AvgIpc) is 3.14. The molecule has 2 amide bonds. The van der Waals surface area contributed by atoms with Crippen molar-refractivity contribution in [1.82, 2.24) is 0 Å². The maximum Gasteiger partial charge on any atom is 0.270 e. The molecule has 3 aromatic carbocycles. The van der Waals surface area contributed by atoms with E-state index in [9.17, 15) is 9.59 Å². The van der Waals surface area contributed by atoms with Crippen molar-refractivity contribution in [3.05, 3.63) is 87.2 Å². The predicted octanol–water partition coefficient (Wildman–Crippen LogP) is 6.82. The fourth-order valence-electron chi connectivity index (χ4n) is 3.28. The number of ether oxygens (including phenoxy) is 2. The van der Waals surface area contributed by atoms with E-state index in [0.717, 1.165) is 11.3 Å². The number of carbonyl (C=O) groups is 2. The largest absolute Gasteiger partial charge is 0.494 e. The second-order valence-corrected chi connectivity index (χ2v) is 9.97. The Morgan fingerprint density at radius 1 is 1.00 bits per heavy atom. The quantitative estimate of drug-likeness (QED) is 0.242. The number of thioether (sulfide) groups is 1. The minimum Gasteiger partial charge on any atom is -0.494 e. The fraction of sp³-hybridized carbons (Fsp3) is 0.115.